The maximum Gasteiger partial charge on any atom is 0.168 e. The molecule has 0 aliphatic heterocycles. The van der Waals surface area contributed by atoms with Crippen LogP contribution in [0.2, 0.25) is 0 Å². The number of ether oxygens (including phenoxy) is 1. The second-order valence-electron chi connectivity index (χ2n) is 4.64. The number of rotatable bonds is 6. The first-order valence-corrected chi connectivity index (χ1v) is 6.76. The molecule has 0 spiro atoms. The Balaban J connectivity index is 2.22. The van der Waals surface area contributed by atoms with E-state index < -0.39 is 0 Å². The molecule has 1 aromatic heterocycles. The van der Waals surface area contributed by atoms with Crippen LogP contribution in [0.4, 0.5) is 4.39 Å². The highest BCUT2D eigenvalue weighted by molar-refractivity contribution is 5.32. The highest BCUT2D eigenvalue weighted by atomic mass is 19.1. The minimum absolute atomic E-state index is 0.0584. The number of furan rings is 1. The summed E-state index contributed by atoms with van der Waals surface area (Å²) in [6.07, 6.45) is 1.36. The van der Waals surface area contributed by atoms with Gasteiger partial charge in [0.15, 0.2) is 11.6 Å². The molecule has 108 valence electrons. The molecular formula is C16H20FNO2. The van der Waals surface area contributed by atoms with Gasteiger partial charge in [0.05, 0.1) is 13.2 Å². The summed E-state index contributed by atoms with van der Waals surface area (Å²) in [5.41, 5.74) is 0.609. The lowest BCUT2D eigenvalue weighted by Crippen LogP contribution is -2.19. The molecule has 1 heterocycles. The van der Waals surface area contributed by atoms with Crippen LogP contribution in [0.1, 0.15) is 30.0 Å². The molecule has 0 bridgehead atoms. The second-order valence-corrected chi connectivity index (χ2v) is 4.64. The van der Waals surface area contributed by atoms with Crippen LogP contribution in [0.3, 0.4) is 0 Å². The SMILES string of the molecule is CCc1ccc(C(Cc2cccc(OC)c2F)NC)o1. The Labute approximate surface area is 118 Å². The average molecular weight is 277 g/mol. The zero-order valence-corrected chi connectivity index (χ0v) is 12.1. The summed E-state index contributed by atoms with van der Waals surface area (Å²) < 4.78 is 24.9. The van der Waals surface area contributed by atoms with Crippen LogP contribution in [0, 0.1) is 5.82 Å². The molecule has 1 atom stereocenters. The van der Waals surface area contributed by atoms with Crippen LogP contribution < -0.4 is 10.1 Å². The van der Waals surface area contributed by atoms with E-state index in [-0.39, 0.29) is 17.6 Å². The summed E-state index contributed by atoms with van der Waals surface area (Å²) in [4.78, 5) is 0. The van der Waals surface area contributed by atoms with E-state index >= 15 is 0 Å². The third-order valence-electron chi connectivity index (χ3n) is 3.41. The van der Waals surface area contributed by atoms with Crippen LogP contribution in [-0.4, -0.2) is 14.2 Å². The Morgan fingerprint density at radius 2 is 2.10 bits per heavy atom. The van der Waals surface area contributed by atoms with E-state index in [9.17, 15) is 4.39 Å². The van der Waals surface area contributed by atoms with Crippen molar-refractivity contribution in [2.24, 2.45) is 0 Å². The first-order valence-electron chi connectivity index (χ1n) is 6.76. The van der Waals surface area contributed by atoms with Crippen LogP contribution in [-0.2, 0) is 12.8 Å². The van der Waals surface area contributed by atoms with Crippen molar-refractivity contribution in [3.63, 3.8) is 0 Å². The van der Waals surface area contributed by atoms with Crippen molar-refractivity contribution < 1.29 is 13.5 Å². The topological polar surface area (TPSA) is 34.4 Å². The maximum absolute atomic E-state index is 14.2. The largest absolute Gasteiger partial charge is 0.494 e. The van der Waals surface area contributed by atoms with Gasteiger partial charge in [-0.2, -0.15) is 0 Å². The molecule has 0 aliphatic carbocycles. The lowest BCUT2D eigenvalue weighted by atomic mass is 10.0. The van der Waals surface area contributed by atoms with Crippen LogP contribution in [0.5, 0.6) is 5.75 Å². The van der Waals surface area contributed by atoms with E-state index in [4.69, 9.17) is 9.15 Å². The number of likely N-dealkylation sites (N-methyl/N-ethyl adjacent to an activating group) is 1. The van der Waals surface area contributed by atoms with Crippen molar-refractivity contribution in [1.82, 2.24) is 5.32 Å². The fourth-order valence-electron chi connectivity index (χ4n) is 2.21. The molecule has 0 saturated heterocycles. The van der Waals surface area contributed by atoms with E-state index in [0.717, 1.165) is 17.9 Å². The van der Waals surface area contributed by atoms with Gasteiger partial charge in [-0.1, -0.05) is 19.1 Å². The zero-order valence-electron chi connectivity index (χ0n) is 12.1. The van der Waals surface area contributed by atoms with Crippen molar-refractivity contribution in [3.05, 3.63) is 53.2 Å². The first-order chi connectivity index (χ1) is 9.69. The molecule has 0 aliphatic rings. The highest BCUT2D eigenvalue weighted by Gasteiger charge is 2.17. The normalized spacial score (nSPS) is 12.4. The molecule has 2 rings (SSSR count). The summed E-state index contributed by atoms with van der Waals surface area (Å²) in [6, 6.07) is 9.03. The summed E-state index contributed by atoms with van der Waals surface area (Å²) in [7, 11) is 3.31. The van der Waals surface area contributed by atoms with E-state index in [0.29, 0.717) is 12.0 Å². The van der Waals surface area contributed by atoms with Gasteiger partial charge >= 0.3 is 0 Å². The Bertz CT molecular complexity index is 565. The number of hydrogen-bond acceptors (Lipinski definition) is 3. The summed E-state index contributed by atoms with van der Waals surface area (Å²) >= 11 is 0. The number of hydrogen-bond donors (Lipinski definition) is 1. The Morgan fingerprint density at radius 1 is 1.30 bits per heavy atom. The molecule has 1 aromatic carbocycles. The molecular weight excluding hydrogens is 257 g/mol. The van der Waals surface area contributed by atoms with Gasteiger partial charge in [0.2, 0.25) is 0 Å². The molecule has 3 nitrogen and oxygen atoms in total. The Morgan fingerprint density at radius 3 is 2.70 bits per heavy atom. The van der Waals surface area contributed by atoms with Crippen LogP contribution >= 0.6 is 0 Å². The molecule has 0 fully saturated rings. The zero-order chi connectivity index (χ0) is 14.5. The predicted molar refractivity (Wildman–Crippen MR) is 76.5 cm³/mol. The van der Waals surface area contributed by atoms with Crippen molar-refractivity contribution in [3.8, 4) is 5.75 Å². The molecule has 0 amide bonds. The van der Waals surface area contributed by atoms with E-state index in [2.05, 4.69) is 5.32 Å². The standard InChI is InChI=1S/C16H20FNO2/c1-4-12-8-9-14(20-12)13(18-2)10-11-6-5-7-15(19-3)16(11)17/h5-9,13,18H,4,10H2,1-3H3. The number of halogens is 1. The van der Waals surface area contributed by atoms with Gasteiger partial charge in [0.1, 0.15) is 11.5 Å². The van der Waals surface area contributed by atoms with Gasteiger partial charge in [-0.15, -0.1) is 0 Å². The van der Waals surface area contributed by atoms with Gasteiger partial charge in [-0.05, 0) is 37.2 Å². The highest BCUT2D eigenvalue weighted by Crippen LogP contribution is 2.26. The fourth-order valence-corrected chi connectivity index (χ4v) is 2.21. The molecule has 20 heavy (non-hydrogen) atoms. The third kappa shape index (κ3) is 3.02. The number of methoxy groups -OCH3 is 1. The number of aryl methyl sites for hydroxylation is 1. The van der Waals surface area contributed by atoms with Gasteiger partial charge in [0, 0.05) is 6.42 Å². The molecule has 1 unspecified atom stereocenters. The van der Waals surface area contributed by atoms with Crippen molar-refractivity contribution in [1.29, 1.82) is 0 Å². The fraction of sp³-hybridized carbons (Fsp3) is 0.375. The third-order valence-corrected chi connectivity index (χ3v) is 3.41. The van der Waals surface area contributed by atoms with E-state index in [1.54, 1.807) is 18.2 Å². The first kappa shape index (κ1) is 14.6. The van der Waals surface area contributed by atoms with Crippen LogP contribution in [0.25, 0.3) is 0 Å². The quantitative estimate of drug-likeness (QED) is 0.877. The lowest BCUT2D eigenvalue weighted by molar-refractivity contribution is 0.378. The Hall–Kier alpha value is -1.81. The second kappa shape index (κ2) is 6.57. The number of benzene rings is 1. The van der Waals surface area contributed by atoms with Gasteiger partial charge in [-0.3, -0.25) is 0 Å². The summed E-state index contributed by atoms with van der Waals surface area (Å²) in [5, 5.41) is 3.17. The maximum atomic E-state index is 14.2. The van der Waals surface area contributed by atoms with Gasteiger partial charge < -0.3 is 14.5 Å². The summed E-state index contributed by atoms with van der Waals surface area (Å²) in [5.74, 6) is 1.72. The van der Waals surface area contributed by atoms with Crippen LogP contribution in [0.15, 0.2) is 34.7 Å². The lowest BCUT2D eigenvalue weighted by Gasteiger charge is -2.15. The van der Waals surface area contributed by atoms with Gasteiger partial charge in [0.25, 0.3) is 0 Å². The Kier molecular flexibility index (Phi) is 4.79. The molecule has 4 heteroatoms. The minimum Gasteiger partial charge on any atom is -0.494 e. The monoisotopic (exact) mass is 277 g/mol. The predicted octanol–water partition coefficient (Wildman–Crippen LogP) is 3.49. The molecule has 2 aromatic rings. The smallest absolute Gasteiger partial charge is 0.168 e. The average Bonchev–Trinajstić information content (AvgIpc) is 2.95. The summed E-state index contributed by atoms with van der Waals surface area (Å²) in [6.45, 7) is 2.04. The molecule has 0 radical (unpaired) electrons. The van der Waals surface area contributed by atoms with Crippen molar-refractivity contribution in [2.75, 3.05) is 14.2 Å². The van der Waals surface area contributed by atoms with Gasteiger partial charge in [-0.25, -0.2) is 4.39 Å². The van der Waals surface area contributed by atoms with Crippen molar-refractivity contribution >= 4 is 0 Å². The van der Waals surface area contributed by atoms with E-state index in [1.807, 2.05) is 26.1 Å². The van der Waals surface area contributed by atoms with E-state index in [1.165, 1.54) is 7.11 Å². The van der Waals surface area contributed by atoms with Crippen molar-refractivity contribution in [2.45, 2.75) is 25.8 Å². The number of nitrogens with one attached hydrogen (secondary N) is 1. The molecule has 1 N–H and O–H groups in total. The minimum atomic E-state index is -0.308. The molecule has 0 saturated carbocycles.